The highest BCUT2D eigenvalue weighted by Gasteiger charge is 2.07. The van der Waals surface area contributed by atoms with Crippen molar-refractivity contribution in [2.75, 3.05) is 0 Å². The summed E-state index contributed by atoms with van der Waals surface area (Å²) >= 11 is 0. The van der Waals surface area contributed by atoms with Crippen molar-refractivity contribution in [1.82, 2.24) is 0 Å². The first-order chi connectivity index (χ1) is 6.07. The van der Waals surface area contributed by atoms with Crippen molar-refractivity contribution < 1.29 is 0 Å². The Hall–Kier alpha value is -0.260. The highest BCUT2D eigenvalue weighted by molar-refractivity contribution is 4.78. The van der Waals surface area contributed by atoms with E-state index in [4.69, 9.17) is 0 Å². The summed E-state index contributed by atoms with van der Waals surface area (Å²) in [5, 5.41) is 0. The normalized spacial score (nSPS) is 15.8. The standard InChI is InChI=1S/C13H26/c1-6-12(4)13(5)10-8-7-9-11(2)3/h6,11-13H,1,7-10H2,2-5H3. The molecule has 0 amide bonds. The van der Waals surface area contributed by atoms with Gasteiger partial charge in [0, 0.05) is 0 Å². The largest absolute Gasteiger partial charge is 0.103 e. The Labute approximate surface area is 84.4 Å². The van der Waals surface area contributed by atoms with Crippen LogP contribution in [0.15, 0.2) is 12.7 Å². The zero-order chi connectivity index (χ0) is 10.3. The lowest BCUT2D eigenvalue weighted by Crippen LogP contribution is -2.04. The monoisotopic (exact) mass is 182 g/mol. The molecule has 0 rings (SSSR count). The van der Waals surface area contributed by atoms with E-state index in [0.29, 0.717) is 5.92 Å². The van der Waals surface area contributed by atoms with E-state index >= 15 is 0 Å². The van der Waals surface area contributed by atoms with Crippen LogP contribution in [0.5, 0.6) is 0 Å². The fourth-order valence-corrected chi connectivity index (χ4v) is 1.51. The second kappa shape index (κ2) is 7.17. The first kappa shape index (κ1) is 12.7. The molecule has 0 fully saturated rings. The molecule has 0 aliphatic carbocycles. The van der Waals surface area contributed by atoms with Crippen molar-refractivity contribution in [3.8, 4) is 0 Å². The summed E-state index contributed by atoms with van der Waals surface area (Å²) in [5.74, 6) is 2.36. The van der Waals surface area contributed by atoms with Gasteiger partial charge < -0.3 is 0 Å². The molecule has 0 saturated heterocycles. The van der Waals surface area contributed by atoms with Crippen molar-refractivity contribution in [3.63, 3.8) is 0 Å². The smallest absolute Gasteiger partial charge is 0.0239 e. The lowest BCUT2D eigenvalue weighted by molar-refractivity contribution is 0.398. The maximum absolute atomic E-state index is 3.84. The fraction of sp³-hybridized carbons (Fsp3) is 0.846. The molecule has 78 valence electrons. The minimum Gasteiger partial charge on any atom is -0.103 e. The van der Waals surface area contributed by atoms with Gasteiger partial charge in [-0.1, -0.05) is 59.5 Å². The molecule has 0 aromatic heterocycles. The lowest BCUT2D eigenvalue weighted by Gasteiger charge is -2.16. The molecular formula is C13H26. The van der Waals surface area contributed by atoms with Gasteiger partial charge in [-0.25, -0.2) is 0 Å². The average molecular weight is 182 g/mol. The van der Waals surface area contributed by atoms with Gasteiger partial charge in [0.05, 0.1) is 0 Å². The number of allylic oxidation sites excluding steroid dienone is 1. The summed E-state index contributed by atoms with van der Waals surface area (Å²) < 4.78 is 0. The van der Waals surface area contributed by atoms with Gasteiger partial charge >= 0.3 is 0 Å². The van der Waals surface area contributed by atoms with Crippen LogP contribution in [0.2, 0.25) is 0 Å². The second-order valence-corrected chi connectivity index (χ2v) is 4.75. The van der Waals surface area contributed by atoms with Gasteiger partial charge in [0.1, 0.15) is 0 Å². The van der Waals surface area contributed by atoms with E-state index in [1.165, 1.54) is 25.7 Å². The van der Waals surface area contributed by atoms with Gasteiger partial charge in [-0.3, -0.25) is 0 Å². The van der Waals surface area contributed by atoms with Crippen LogP contribution in [0.3, 0.4) is 0 Å². The molecule has 0 heterocycles. The highest BCUT2D eigenvalue weighted by atomic mass is 14.1. The molecule has 13 heavy (non-hydrogen) atoms. The second-order valence-electron chi connectivity index (χ2n) is 4.75. The Bertz CT molecular complexity index is 124. The van der Waals surface area contributed by atoms with E-state index in [9.17, 15) is 0 Å². The van der Waals surface area contributed by atoms with Crippen LogP contribution >= 0.6 is 0 Å². The zero-order valence-corrected chi connectivity index (χ0v) is 9.84. The van der Waals surface area contributed by atoms with Gasteiger partial charge in [0.25, 0.3) is 0 Å². The van der Waals surface area contributed by atoms with Crippen LogP contribution < -0.4 is 0 Å². The van der Waals surface area contributed by atoms with E-state index in [2.05, 4.69) is 40.3 Å². The third-order valence-electron chi connectivity index (χ3n) is 2.96. The highest BCUT2D eigenvalue weighted by Crippen LogP contribution is 2.19. The van der Waals surface area contributed by atoms with E-state index < -0.39 is 0 Å². The van der Waals surface area contributed by atoms with Gasteiger partial charge in [-0.05, 0) is 17.8 Å². The molecule has 0 aliphatic rings. The predicted octanol–water partition coefficient (Wildman–Crippen LogP) is 4.66. The fourth-order valence-electron chi connectivity index (χ4n) is 1.51. The molecule has 0 aromatic rings. The number of rotatable bonds is 7. The molecule has 0 aromatic carbocycles. The van der Waals surface area contributed by atoms with E-state index in [0.717, 1.165) is 11.8 Å². The molecule has 0 spiro atoms. The van der Waals surface area contributed by atoms with Crippen molar-refractivity contribution in [1.29, 1.82) is 0 Å². The van der Waals surface area contributed by atoms with Crippen LogP contribution in [0.1, 0.15) is 53.4 Å². The molecule has 0 bridgehead atoms. The van der Waals surface area contributed by atoms with Crippen molar-refractivity contribution >= 4 is 0 Å². The molecule has 0 heteroatoms. The number of hydrogen-bond acceptors (Lipinski definition) is 0. The van der Waals surface area contributed by atoms with Crippen molar-refractivity contribution in [3.05, 3.63) is 12.7 Å². The molecule has 0 nitrogen and oxygen atoms in total. The van der Waals surface area contributed by atoms with E-state index in [1.54, 1.807) is 0 Å². The third-order valence-corrected chi connectivity index (χ3v) is 2.96. The molecule has 2 unspecified atom stereocenters. The Morgan fingerprint density at radius 3 is 2.00 bits per heavy atom. The van der Waals surface area contributed by atoms with Gasteiger partial charge in [0.15, 0.2) is 0 Å². The number of unbranched alkanes of at least 4 members (excludes halogenated alkanes) is 1. The Balaban J connectivity index is 3.36. The third kappa shape index (κ3) is 6.86. The summed E-state index contributed by atoms with van der Waals surface area (Å²) in [7, 11) is 0. The van der Waals surface area contributed by atoms with Gasteiger partial charge in [-0.15, -0.1) is 6.58 Å². The quantitative estimate of drug-likeness (QED) is 0.397. The molecule has 0 N–H and O–H groups in total. The predicted molar refractivity (Wildman–Crippen MR) is 61.8 cm³/mol. The summed E-state index contributed by atoms with van der Waals surface area (Å²) in [6.07, 6.45) is 7.60. The zero-order valence-electron chi connectivity index (χ0n) is 9.84. The van der Waals surface area contributed by atoms with Gasteiger partial charge in [0.2, 0.25) is 0 Å². The SMILES string of the molecule is C=CC(C)C(C)CCCCC(C)C. The summed E-state index contributed by atoms with van der Waals surface area (Å²) in [4.78, 5) is 0. The lowest BCUT2D eigenvalue weighted by atomic mass is 9.90. The molecular weight excluding hydrogens is 156 g/mol. The first-order valence-electron chi connectivity index (χ1n) is 5.70. The Morgan fingerprint density at radius 1 is 1.00 bits per heavy atom. The van der Waals surface area contributed by atoms with Crippen LogP contribution in [0, 0.1) is 17.8 Å². The van der Waals surface area contributed by atoms with Crippen molar-refractivity contribution in [2.45, 2.75) is 53.4 Å². The average Bonchev–Trinajstić information content (AvgIpc) is 2.10. The Kier molecular flexibility index (Phi) is 7.03. The first-order valence-corrected chi connectivity index (χ1v) is 5.70. The summed E-state index contributed by atoms with van der Waals surface area (Å²) in [5.41, 5.74) is 0. The maximum Gasteiger partial charge on any atom is -0.0239 e. The van der Waals surface area contributed by atoms with E-state index in [1.807, 2.05) is 0 Å². The van der Waals surface area contributed by atoms with Crippen LogP contribution in [-0.2, 0) is 0 Å². The summed E-state index contributed by atoms with van der Waals surface area (Å²) in [6, 6.07) is 0. The summed E-state index contributed by atoms with van der Waals surface area (Å²) in [6.45, 7) is 13.0. The van der Waals surface area contributed by atoms with Crippen LogP contribution in [0.4, 0.5) is 0 Å². The molecule has 0 radical (unpaired) electrons. The van der Waals surface area contributed by atoms with Crippen LogP contribution in [0.25, 0.3) is 0 Å². The number of hydrogen-bond donors (Lipinski definition) is 0. The van der Waals surface area contributed by atoms with Crippen molar-refractivity contribution in [2.24, 2.45) is 17.8 Å². The van der Waals surface area contributed by atoms with E-state index in [-0.39, 0.29) is 0 Å². The maximum atomic E-state index is 3.84. The minimum atomic E-state index is 0.680. The molecule has 0 aliphatic heterocycles. The molecule has 2 atom stereocenters. The molecule has 0 saturated carbocycles. The topological polar surface area (TPSA) is 0 Å². The Morgan fingerprint density at radius 2 is 1.54 bits per heavy atom. The van der Waals surface area contributed by atoms with Gasteiger partial charge in [-0.2, -0.15) is 0 Å². The van der Waals surface area contributed by atoms with Crippen LogP contribution in [-0.4, -0.2) is 0 Å². The minimum absolute atomic E-state index is 0.680.